The van der Waals surface area contributed by atoms with E-state index in [1.54, 1.807) is 36.1 Å². The monoisotopic (exact) mass is 411 g/mol. The fourth-order valence-electron chi connectivity index (χ4n) is 3.16. The smallest absolute Gasteiger partial charge is 0.267 e. The SMILES string of the molecule is CC1Oc2ccccc2N(CCC(=O)Nc2cc(Cl)ccc2-n2cncn2)C1=O. The number of carbonyl (C=O) groups is 2. The Hall–Kier alpha value is -3.39. The number of hydrogen-bond donors (Lipinski definition) is 1. The fourth-order valence-corrected chi connectivity index (χ4v) is 3.33. The maximum Gasteiger partial charge on any atom is 0.267 e. The van der Waals surface area contributed by atoms with E-state index in [0.717, 1.165) is 0 Å². The van der Waals surface area contributed by atoms with Crippen LogP contribution in [-0.2, 0) is 9.59 Å². The van der Waals surface area contributed by atoms with E-state index in [1.807, 2.05) is 18.2 Å². The van der Waals surface area contributed by atoms with Crippen LogP contribution < -0.4 is 15.0 Å². The number of halogens is 1. The quantitative estimate of drug-likeness (QED) is 0.697. The Bertz CT molecular complexity index is 1050. The Labute approximate surface area is 172 Å². The van der Waals surface area contributed by atoms with Gasteiger partial charge in [-0.15, -0.1) is 0 Å². The second-order valence-corrected chi connectivity index (χ2v) is 6.95. The molecule has 0 bridgehead atoms. The number of anilines is 2. The topological polar surface area (TPSA) is 89.3 Å². The average molecular weight is 412 g/mol. The first-order valence-corrected chi connectivity index (χ1v) is 9.42. The maximum atomic E-state index is 12.6. The lowest BCUT2D eigenvalue weighted by molar-refractivity contribution is -0.125. The second kappa shape index (κ2) is 7.92. The van der Waals surface area contributed by atoms with Crippen molar-refractivity contribution in [3.63, 3.8) is 0 Å². The predicted octanol–water partition coefficient (Wildman–Crippen LogP) is 3.06. The molecule has 1 aliphatic heterocycles. The van der Waals surface area contributed by atoms with Gasteiger partial charge in [-0.3, -0.25) is 9.59 Å². The van der Waals surface area contributed by atoms with Gasteiger partial charge in [-0.2, -0.15) is 5.10 Å². The van der Waals surface area contributed by atoms with Gasteiger partial charge < -0.3 is 15.0 Å². The summed E-state index contributed by atoms with van der Waals surface area (Å²) < 4.78 is 7.16. The highest BCUT2D eigenvalue weighted by Gasteiger charge is 2.31. The third-order valence-corrected chi connectivity index (χ3v) is 4.77. The summed E-state index contributed by atoms with van der Waals surface area (Å²) in [6, 6.07) is 12.4. The fraction of sp³-hybridized carbons (Fsp3) is 0.200. The standard InChI is InChI=1S/C20H18ClN5O3/c1-13-20(28)25(17-4-2-3-5-18(17)29-13)9-8-19(27)24-15-10-14(21)6-7-16(15)26-12-22-11-23-26/h2-7,10-13H,8-9H2,1H3,(H,24,27). The summed E-state index contributed by atoms with van der Waals surface area (Å²) in [7, 11) is 0. The Morgan fingerprint density at radius 3 is 2.86 bits per heavy atom. The first-order valence-electron chi connectivity index (χ1n) is 9.04. The van der Waals surface area contributed by atoms with Gasteiger partial charge in [0.2, 0.25) is 5.91 Å². The number of fused-ring (bicyclic) bond motifs is 1. The molecule has 2 heterocycles. The lowest BCUT2D eigenvalue weighted by Crippen LogP contribution is -2.45. The molecule has 3 aromatic rings. The average Bonchev–Trinajstić information content (AvgIpc) is 3.23. The van der Waals surface area contributed by atoms with Crippen LogP contribution in [0.5, 0.6) is 5.75 Å². The molecule has 1 N–H and O–H groups in total. The van der Waals surface area contributed by atoms with Crippen LogP contribution in [0.4, 0.5) is 11.4 Å². The number of ether oxygens (including phenoxy) is 1. The molecule has 0 aliphatic carbocycles. The van der Waals surface area contributed by atoms with Gasteiger partial charge in [-0.25, -0.2) is 9.67 Å². The number of carbonyl (C=O) groups excluding carboxylic acids is 2. The van der Waals surface area contributed by atoms with Crippen molar-refractivity contribution in [3.8, 4) is 11.4 Å². The van der Waals surface area contributed by atoms with E-state index in [2.05, 4.69) is 15.4 Å². The summed E-state index contributed by atoms with van der Waals surface area (Å²) in [6.45, 7) is 1.93. The van der Waals surface area contributed by atoms with E-state index >= 15 is 0 Å². The Morgan fingerprint density at radius 1 is 1.24 bits per heavy atom. The molecule has 2 amide bonds. The molecule has 148 valence electrons. The highest BCUT2D eigenvalue weighted by molar-refractivity contribution is 6.31. The minimum absolute atomic E-state index is 0.107. The number of nitrogens with one attached hydrogen (secondary N) is 1. The second-order valence-electron chi connectivity index (χ2n) is 6.52. The van der Waals surface area contributed by atoms with Gasteiger partial charge >= 0.3 is 0 Å². The molecule has 0 radical (unpaired) electrons. The van der Waals surface area contributed by atoms with E-state index in [-0.39, 0.29) is 24.8 Å². The molecule has 1 unspecified atom stereocenters. The zero-order chi connectivity index (χ0) is 20.4. The van der Waals surface area contributed by atoms with E-state index in [1.165, 1.54) is 17.3 Å². The molecule has 0 saturated carbocycles. The van der Waals surface area contributed by atoms with Gasteiger partial charge in [-0.1, -0.05) is 23.7 Å². The van der Waals surface area contributed by atoms with Gasteiger partial charge in [0.05, 0.1) is 17.1 Å². The van der Waals surface area contributed by atoms with E-state index < -0.39 is 6.10 Å². The van der Waals surface area contributed by atoms with Crippen LogP contribution in [0.15, 0.2) is 55.1 Å². The van der Waals surface area contributed by atoms with Crippen LogP contribution in [0.1, 0.15) is 13.3 Å². The third kappa shape index (κ3) is 3.93. The van der Waals surface area contributed by atoms with Gasteiger partial charge in [-0.05, 0) is 37.3 Å². The zero-order valence-electron chi connectivity index (χ0n) is 15.6. The van der Waals surface area contributed by atoms with Gasteiger partial charge in [0, 0.05) is 18.0 Å². The van der Waals surface area contributed by atoms with Crippen molar-refractivity contribution < 1.29 is 14.3 Å². The van der Waals surface area contributed by atoms with Gasteiger partial charge in [0.15, 0.2) is 6.10 Å². The number of aromatic nitrogens is 3. The molecule has 9 heteroatoms. The first kappa shape index (κ1) is 18.9. The first-order chi connectivity index (χ1) is 14.0. The Kier molecular flexibility index (Phi) is 5.18. The van der Waals surface area contributed by atoms with Crippen LogP contribution in [0.3, 0.4) is 0 Å². The summed E-state index contributed by atoms with van der Waals surface area (Å²) in [5.74, 6) is 0.198. The summed E-state index contributed by atoms with van der Waals surface area (Å²) in [6.07, 6.45) is 2.45. The van der Waals surface area contributed by atoms with E-state index in [4.69, 9.17) is 16.3 Å². The van der Waals surface area contributed by atoms with Crippen molar-refractivity contribution >= 4 is 34.8 Å². The van der Waals surface area contributed by atoms with Crippen LogP contribution in [0, 0.1) is 0 Å². The number of benzene rings is 2. The van der Waals surface area contributed by atoms with Crippen molar-refractivity contribution in [3.05, 3.63) is 60.1 Å². The van der Waals surface area contributed by atoms with E-state index in [9.17, 15) is 9.59 Å². The van der Waals surface area contributed by atoms with Gasteiger partial charge in [0.25, 0.3) is 5.91 Å². The zero-order valence-corrected chi connectivity index (χ0v) is 16.3. The Morgan fingerprint density at radius 2 is 2.07 bits per heavy atom. The van der Waals surface area contributed by atoms with Crippen molar-refractivity contribution in [2.24, 2.45) is 0 Å². The largest absolute Gasteiger partial charge is 0.479 e. The highest BCUT2D eigenvalue weighted by atomic mass is 35.5. The highest BCUT2D eigenvalue weighted by Crippen LogP contribution is 2.33. The number of rotatable bonds is 5. The number of para-hydroxylation sites is 2. The van der Waals surface area contributed by atoms with Crippen molar-refractivity contribution in [2.45, 2.75) is 19.4 Å². The van der Waals surface area contributed by atoms with Crippen LogP contribution in [0.25, 0.3) is 5.69 Å². The van der Waals surface area contributed by atoms with Crippen LogP contribution >= 0.6 is 11.6 Å². The lowest BCUT2D eigenvalue weighted by Gasteiger charge is -2.32. The summed E-state index contributed by atoms with van der Waals surface area (Å²) in [4.78, 5) is 30.7. The Balaban J connectivity index is 1.49. The molecule has 0 fully saturated rings. The molecule has 2 aromatic carbocycles. The predicted molar refractivity (Wildman–Crippen MR) is 109 cm³/mol. The molecule has 0 saturated heterocycles. The van der Waals surface area contributed by atoms with Crippen molar-refractivity contribution in [1.82, 2.24) is 14.8 Å². The van der Waals surface area contributed by atoms with Gasteiger partial charge in [0.1, 0.15) is 18.4 Å². The normalized spacial score (nSPS) is 15.6. The van der Waals surface area contributed by atoms with Crippen LogP contribution in [-0.4, -0.2) is 39.2 Å². The van der Waals surface area contributed by atoms with E-state index in [0.29, 0.717) is 27.8 Å². The minimum atomic E-state index is -0.597. The number of hydrogen-bond acceptors (Lipinski definition) is 5. The summed E-state index contributed by atoms with van der Waals surface area (Å²) in [5, 5.41) is 7.42. The molecule has 0 spiro atoms. The third-order valence-electron chi connectivity index (χ3n) is 4.53. The molecule has 4 rings (SSSR count). The molecular formula is C20H18ClN5O3. The lowest BCUT2D eigenvalue weighted by atomic mass is 10.1. The summed E-state index contributed by atoms with van der Waals surface area (Å²) >= 11 is 6.09. The summed E-state index contributed by atoms with van der Waals surface area (Å²) in [5.41, 5.74) is 1.81. The minimum Gasteiger partial charge on any atom is -0.479 e. The van der Waals surface area contributed by atoms with Crippen molar-refractivity contribution in [2.75, 3.05) is 16.8 Å². The number of amides is 2. The molecule has 1 atom stereocenters. The number of nitrogens with zero attached hydrogens (tertiary/aromatic N) is 4. The molecule has 1 aromatic heterocycles. The molecular weight excluding hydrogens is 394 g/mol. The maximum absolute atomic E-state index is 12.6. The van der Waals surface area contributed by atoms with Crippen molar-refractivity contribution in [1.29, 1.82) is 0 Å². The molecule has 1 aliphatic rings. The van der Waals surface area contributed by atoms with Crippen LogP contribution in [0.2, 0.25) is 5.02 Å². The molecule has 8 nitrogen and oxygen atoms in total. The molecule has 29 heavy (non-hydrogen) atoms.